The van der Waals surface area contributed by atoms with Crippen LogP contribution in [0.25, 0.3) is 0 Å². The first-order valence-electron chi connectivity index (χ1n) is 6.04. The zero-order valence-electron chi connectivity index (χ0n) is 12.2. The minimum absolute atomic E-state index is 0.0353. The zero-order valence-corrected chi connectivity index (χ0v) is 9.95. The van der Waals surface area contributed by atoms with E-state index in [0.717, 1.165) is 13.3 Å². The number of hydrogen-bond donors (Lipinski definition) is 0. The van der Waals surface area contributed by atoms with Gasteiger partial charge in [0.15, 0.2) is 5.78 Å². The second-order valence-corrected chi connectivity index (χ2v) is 3.41. The predicted octanol–water partition coefficient (Wildman–Crippen LogP) is 1.74. The fourth-order valence-electron chi connectivity index (χ4n) is 1.15. The summed E-state index contributed by atoms with van der Waals surface area (Å²) in [7, 11) is 2.29. The summed E-state index contributed by atoms with van der Waals surface area (Å²) in [5, 5.41) is 0.0712. The number of rotatable bonds is 4. The number of Topliss-reactive ketones (excluding diaryl/α,β-unsaturated/α-hetero) is 1. The molecule has 17 heavy (non-hydrogen) atoms. The van der Waals surface area contributed by atoms with Gasteiger partial charge >= 0.3 is 5.97 Å². The Morgan fingerprint density at radius 1 is 1.53 bits per heavy atom. The maximum absolute atomic E-state index is 12.3. The molecular weight excluding hydrogens is 246 g/mol. The molecule has 0 radical (unpaired) electrons. The highest BCUT2D eigenvalue weighted by molar-refractivity contribution is 6.29. The average molecular weight is 261 g/mol. The van der Waals surface area contributed by atoms with Gasteiger partial charge < -0.3 is 9.47 Å². The van der Waals surface area contributed by atoms with Gasteiger partial charge in [-0.25, -0.2) is 4.98 Å². The Labute approximate surface area is 108 Å². The lowest BCUT2D eigenvalue weighted by molar-refractivity contribution is -0.143. The molecule has 0 aliphatic heterocycles. The molecule has 1 aromatic rings. The standard InChI is InChI=1S/C11H12ClNO4/c1-6(11(15)17-3)10(14)7-5-13-9(12)4-8(7)16-2/h4-6H,1-3H3/i1D3. The Bertz CT molecular complexity index is 533. The van der Waals surface area contributed by atoms with Crippen LogP contribution < -0.4 is 4.74 Å². The largest absolute Gasteiger partial charge is 0.496 e. The molecule has 1 atom stereocenters. The molecular formula is C11H12ClNO4. The first-order chi connectivity index (χ1) is 9.22. The number of hydrogen-bond acceptors (Lipinski definition) is 5. The van der Waals surface area contributed by atoms with Gasteiger partial charge in [-0.2, -0.15) is 0 Å². The number of nitrogens with zero attached hydrogens (tertiary/aromatic N) is 1. The molecule has 92 valence electrons. The lowest BCUT2D eigenvalue weighted by atomic mass is 10.0. The van der Waals surface area contributed by atoms with E-state index in [0.29, 0.717) is 0 Å². The summed E-state index contributed by atoms with van der Waals surface area (Å²) in [6, 6.07) is 1.25. The van der Waals surface area contributed by atoms with Gasteiger partial charge in [-0.1, -0.05) is 11.6 Å². The Morgan fingerprint density at radius 3 is 2.76 bits per heavy atom. The van der Waals surface area contributed by atoms with E-state index in [1.54, 1.807) is 0 Å². The van der Waals surface area contributed by atoms with Crippen molar-refractivity contribution in [3.8, 4) is 5.75 Å². The monoisotopic (exact) mass is 260 g/mol. The zero-order chi connectivity index (χ0) is 15.5. The van der Waals surface area contributed by atoms with Crippen LogP contribution in [0.2, 0.25) is 5.15 Å². The van der Waals surface area contributed by atoms with Gasteiger partial charge in [0.2, 0.25) is 0 Å². The van der Waals surface area contributed by atoms with Gasteiger partial charge in [0.25, 0.3) is 0 Å². The van der Waals surface area contributed by atoms with Crippen molar-refractivity contribution in [2.75, 3.05) is 14.2 Å². The summed E-state index contributed by atoms with van der Waals surface area (Å²) in [5.74, 6) is -4.01. The number of aromatic nitrogens is 1. The highest BCUT2D eigenvalue weighted by Gasteiger charge is 2.26. The lowest BCUT2D eigenvalue weighted by Gasteiger charge is -2.11. The molecule has 0 spiro atoms. The molecule has 0 amide bonds. The lowest BCUT2D eigenvalue weighted by Crippen LogP contribution is -2.23. The molecule has 6 heteroatoms. The maximum atomic E-state index is 12.3. The van der Waals surface area contributed by atoms with E-state index >= 15 is 0 Å². The topological polar surface area (TPSA) is 65.5 Å². The van der Waals surface area contributed by atoms with E-state index in [4.69, 9.17) is 20.5 Å². The smallest absolute Gasteiger partial charge is 0.316 e. The van der Waals surface area contributed by atoms with Crippen molar-refractivity contribution in [3.05, 3.63) is 23.0 Å². The van der Waals surface area contributed by atoms with E-state index in [9.17, 15) is 9.59 Å². The quantitative estimate of drug-likeness (QED) is 0.357. The highest BCUT2D eigenvalue weighted by Crippen LogP contribution is 2.23. The van der Waals surface area contributed by atoms with Gasteiger partial charge in [0.05, 0.1) is 19.8 Å². The molecule has 0 fully saturated rings. The third-order valence-corrected chi connectivity index (χ3v) is 2.22. The number of methoxy groups -OCH3 is 2. The minimum atomic E-state index is -2.84. The number of carbonyl (C=O) groups excluding carboxylic acids is 2. The fraction of sp³-hybridized carbons (Fsp3) is 0.364. The van der Waals surface area contributed by atoms with Crippen LogP contribution in [0.1, 0.15) is 21.3 Å². The van der Waals surface area contributed by atoms with Crippen LogP contribution >= 0.6 is 11.6 Å². The first kappa shape index (κ1) is 9.41. The van der Waals surface area contributed by atoms with Crippen molar-refractivity contribution in [3.63, 3.8) is 0 Å². The van der Waals surface area contributed by atoms with Gasteiger partial charge in [-0.05, 0) is 6.85 Å². The van der Waals surface area contributed by atoms with Crippen molar-refractivity contribution in [1.29, 1.82) is 0 Å². The number of ketones is 1. The second-order valence-electron chi connectivity index (χ2n) is 3.03. The third-order valence-electron chi connectivity index (χ3n) is 2.02. The van der Waals surface area contributed by atoms with Crippen LogP contribution in [0.3, 0.4) is 0 Å². The molecule has 0 aromatic carbocycles. The van der Waals surface area contributed by atoms with E-state index in [-0.39, 0.29) is 16.5 Å². The third kappa shape index (κ3) is 2.94. The number of esters is 1. The normalized spacial score (nSPS) is 15.1. The van der Waals surface area contributed by atoms with Crippen molar-refractivity contribution in [2.45, 2.75) is 6.85 Å². The van der Waals surface area contributed by atoms with E-state index < -0.39 is 24.5 Å². The van der Waals surface area contributed by atoms with Crippen LogP contribution in [0, 0.1) is 5.92 Å². The molecule has 1 unspecified atom stereocenters. The van der Waals surface area contributed by atoms with Gasteiger partial charge in [-0.3, -0.25) is 9.59 Å². The molecule has 0 aliphatic carbocycles. The second kappa shape index (κ2) is 5.63. The summed E-state index contributed by atoms with van der Waals surface area (Å²) in [5.41, 5.74) is -0.150. The fourth-order valence-corrected chi connectivity index (χ4v) is 1.30. The van der Waals surface area contributed by atoms with E-state index in [1.165, 1.54) is 13.2 Å². The molecule has 1 heterocycles. The number of carbonyl (C=O) groups is 2. The maximum Gasteiger partial charge on any atom is 0.316 e. The van der Waals surface area contributed by atoms with Crippen LogP contribution in [-0.4, -0.2) is 31.0 Å². The van der Waals surface area contributed by atoms with Gasteiger partial charge in [0, 0.05) is 16.4 Å². The van der Waals surface area contributed by atoms with Crippen molar-refractivity contribution < 1.29 is 23.2 Å². The summed E-state index contributed by atoms with van der Waals surface area (Å²) in [6.07, 6.45) is 1.06. The van der Waals surface area contributed by atoms with E-state index in [1.807, 2.05) is 0 Å². The Morgan fingerprint density at radius 2 is 2.24 bits per heavy atom. The van der Waals surface area contributed by atoms with Crippen molar-refractivity contribution >= 4 is 23.4 Å². The first-order valence-corrected chi connectivity index (χ1v) is 4.91. The summed E-state index contributed by atoms with van der Waals surface area (Å²) < 4.78 is 31.2. The van der Waals surface area contributed by atoms with Crippen LogP contribution in [-0.2, 0) is 9.53 Å². The summed E-state index contributed by atoms with van der Waals surface area (Å²) >= 11 is 5.65. The molecule has 1 aromatic heterocycles. The minimum Gasteiger partial charge on any atom is -0.496 e. The SMILES string of the molecule is [2H]C([2H])([2H])C(C(=O)OC)C(=O)c1cnc(Cl)cc1OC. The van der Waals surface area contributed by atoms with Crippen LogP contribution in [0.4, 0.5) is 0 Å². The predicted molar refractivity (Wildman–Crippen MR) is 61.3 cm³/mol. The van der Waals surface area contributed by atoms with Gasteiger partial charge in [-0.15, -0.1) is 0 Å². The number of pyridine rings is 1. The molecule has 1 rings (SSSR count). The Kier molecular flexibility index (Phi) is 3.12. The Hall–Kier alpha value is -1.62. The molecule has 0 N–H and O–H groups in total. The van der Waals surface area contributed by atoms with Gasteiger partial charge in [0.1, 0.15) is 16.8 Å². The average Bonchev–Trinajstić information content (AvgIpc) is 2.36. The Balaban J connectivity index is 3.30. The number of halogens is 1. The molecule has 0 saturated heterocycles. The van der Waals surface area contributed by atoms with Crippen molar-refractivity contribution in [1.82, 2.24) is 4.98 Å². The molecule has 5 nitrogen and oxygen atoms in total. The van der Waals surface area contributed by atoms with E-state index in [2.05, 4.69) is 9.72 Å². The molecule has 0 bridgehead atoms. The highest BCUT2D eigenvalue weighted by atomic mass is 35.5. The van der Waals surface area contributed by atoms with Crippen molar-refractivity contribution in [2.24, 2.45) is 5.92 Å². The number of ether oxygens (including phenoxy) is 2. The van der Waals surface area contributed by atoms with Crippen LogP contribution in [0.15, 0.2) is 12.3 Å². The molecule has 0 aliphatic rings. The summed E-state index contributed by atoms with van der Waals surface area (Å²) in [6.45, 7) is -2.84. The molecule has 0 saturated carbocycles. The van der Waals surface area contributed by atoms with Crippen LogP contribution in [0.5, 0.6) is 5.75 Å². The summed E-state index contributed by atoms with van der Waals surface area (Å²) in [4.78, 5) is 27.5.